The number of hydrogen-bond acceptors (Lipinski definition) is 11. The Labute approximate surface area is 228 Å². The van der Waals surface area contributed by atoms with E-state index in [1.54, 1.807) is 48.5 Å². The molecule has 4 rings (SSSR count). The van der Waals surface area contributed by atoms with Gasteiger partial charge in [0, 0.05) is 19.5 Å². The molecule has 0 radical (unpaired) electrons. The van der Waals surface area contributed by atoms with Crippen LogP contribution in [-0.2, 0) is 28.4 Å². The van der Waals surface area contributed by atoms with Gasteiger partial charge >= 0.3 is 17.6 Å². The second-order valence-corrected chi connectivity index (χ2v) is 7.69. The van der Waals surface area contributed by atoms with E-state index in [1.165, 1.54) is 33.5 Å². The van der Waals surface area contributed by atoms with Gasteiger partial charge in [0.2, 0.25) is 0 Å². The second-order valence-electron chi connectivity index (χ2n) is 7.69. The predicted molar refractivity (Wildman–Crippen MR) is 146 cm³/mol. The molecule has 0 fully saturated rings. The summed E-state index contributed by atoms with van der Waals surface area (Å²) in [4.78, 5) is 42.1. The molecule has 216 valence electrons. The van der Waals surface area contributed by atoms with Crippen molar-refractivity contribution in [2.45, 2.75) is 0 Å². The number of carboxylic acid groups (broad SMARTS) is 1. The molecule has 0 aliphatic carbocycles. The van der Waals surface area contributed by atoms with E-state index in [0.717, 1.165) is 10.9 Å². The van der Waals surface area contributed by atoms with Gasteiger partial charge in [-0.05, 0) is 36.4 Å². The van der Waals surface area contributed by atoms with Crippen molar-refractivity contribution in [3.8, 4) is 11.5 Å². The molecule has 2 aromatic heterocycles. The molecule has 0 bridgehead atoms. The lowest BCUT2D eigenvalue weighted by molar-refractivity contribution is -0.383. The Morgan fingerprint density at radius 2 is 1.27 bits per heavy atom. The number of rotatable bonds is 5. The summed E-state index contributed by atoms with van der Waals surface area (Å²) >= 11 is 0. The van der Waals surface area contributed by atoms with Gasteiger partial charge in [-0.2, -0.15) is 0 Å². The molecule has 0 saturated carbocycles. The molecule has 4 aromatic rings. The minimum atomic E-state index is -0.549. The number of ether oxygens (including phenoxy) is 4. The van der Waals surface area contributed by atoms with Crippen molar-refractivity contribution in [3.05, 3.63) is 57.9 Å². The maximum absolute atomic E-state index is 11.6. The predicted octanol–water partition coefficient (Wildman–Crippen LogP) is 3.30. The smallest absolute Gasteiger partial charge is 0.354 e. The van der Waals surface area contributed by atoms with Crippen LogP contribution in [0.2, 0.25) is 0 Å². The van der Waals surface area contributed by atoms with Gasteiger partial charge in [0.1, 0.15) is 17.1 Å². The molecule has 0 aliphatic heterocycles. The molecule has 2 heterocycles. The summed E-state index contributed by atoms with van der Waals surface area (Å²) in [5, 5.41) is 19.2. The van der Waals surface area contributed by atoms with Crippen LogP contribution in [-0.4, -0.2) is 66.0 Å². The van der Waals surface area contributed by atoms with Crippen LogP contribution in [0.3, 0.4) is 0 Å². The third kappa shape index (κ3) is 6.21. The fourth-order valence-corrected chi connectivity index (χ4v) is 3.92. The van der Waals surface area contributed by atoms with E-state index in [-0.39, 0.29) is 35.7 Å². The zero-order valence-electron chi connectivity index (χ0n) is 22.8. The molecule has 0 aliphatic rings. The van der Waals surface area contributed by atoms with E-state index in [9.17, 15) is 19.7 Å². The van der Waals surface area contributed by atoms with E-state index in [4.69, 9.17) is 29.8 Å². The van der Waals surface area contributed by atoms with Gasteiger partial charge in [-0.15, -0.1) is 0 Å². The van der Waals surface area contributed by atoms with Gasteiger partial charge in [0.05, 0.1) is 55.5 Å². The average molecular weight is 562 g/mol. The van der Waals surface area contributed by atoms with Crippen molar-refractivity contribution < 1.29 is 43.4 Å². The number of aromatic nitrogens is 2. The largest absolute Gasteiger partial charge is 0.495 e. The van der Waals surface area contributed by atoms with E-state index in [0.29, 0.717) is 28.0 Å². The van der Waals surface area contributed by atoms with Crippen LogP contribution in [0.15, 0.2) is 36.4 Å². The number of nitro groups is 1. The maximum Gasteiger partial charge on any atom is 0.354 e. The van der Waals surface area contributed by atoms with Crippen molar-refractivity contribution in [2.24, 2.45) is 14.1 Å². The highest BCUT2D eigenvalue weighted by molar-refractivity contribution is 6.02. The lowest BCUT2D eigenvalue weighted by Gasteiger charge is -2.05. The fourth-order valence-electron chi connectivity index (χ4n) is 3.92. The van der Waals surface area contributed by atoms with Gasteiger partial charge in [-0.3, -0.25) is 14.9 Å². The molecule has 15 nitrogen and oxygen atoms in total. The summed E-state index contributed by atoms with van der Waals surface area (Å²) in [7, 11) is 8.96. The van der Waals surface area contributed by atoms with E-state index < -0.39 is 10.9 Å². The van der Waals surface area contributed by atoms with E-state index >= 15 is 0 Å². The number of anilines is 1. The second kappa shape index (κ2) is 14.0. The number of nitrogens with zero attached hydrogens (tertiary/aromatic N) is 3. The van der Waals surface area contributed by atoms with Crippen molar-refractivity contribution >= 4 is 51.6 Å². The number of fused-ring (bicyclic) bond motifs is 2. The Bertz CT molecular complexity index is 1540. The highest BCUT2D eigenvalue weighted by Crippen LogP contribution is 2.36. The summed E-state index contributed by atoms with van der Waals surface area (Å²) < 4.78 is 22.8. The summed E-state index contributed by atoms with van der Waals surface area (Å²) in [5.41, 5.74) is 8.46. The molecule has 2 aromatic carbocycles. The molecule has 15 heteroatoms. The summed E-state index contributed by atoms with van der Waals surface area (Å²) in [5.74, 6) is -0.187. The Morgan fingerprint density at radius 3 is 1.68 bits per heavy atom. The monoisotopic (exact) mass is 561 g/mol. The van der Waals surface area contributed by atoms with Gasteiger partial charge in [-0.1, -0.05) is 0 Å². The Hall–Kier alpha value is -5.31. The van der Waals surface area contributed by atoms with Crippen molar-refractivity contribution in [1.82, 2.24) is 15.3 Å². The lowest BCUT2D eigenvalue weighted by Crippen LogP contribution is -2.06. The minimum absolute atomic E-state index is 0. The first kappa shape index (κ1) is 32.7. The number of hydrogen-bond donors (Lipinski definition) is 3. The number of benzene rings is 2. The number of nitrogens with two attached hydrogens (primary N) is 1. The zero-order chi connectivity index (χ0) is 29.4. The SMILES string of the molecule is COC(=O)c1cc2c(N)c(OC)ccc2n1C.COC(=O)c1cc2c([N+](=O)[O-])c(OC)ccc2n1C.N.O=CO. The first-order valence-corrected chi connectivity index (χ1v) is 11.0. The molecular formula is C25H31N5O10. The Morgan fingerprint density at radius 1 is 0.875 bits per heavy atom. The topological polar surface area (TPSA) is 222 Å². The highest BCUT2D eigenvalue weighted by Gasteiger charge is 2.24. The number of nitrogen functional groups attached to an aromatic ring is 1. The van der Waals surface area contributed by atoms with Crippen LogP contribution in [0, 0.1) is 10.1 Å². The summed E-state index contributed by atoms with van der Waals surface area (Å²) in [6, 6.07) is 9.94. The highest BCUT2D eigenvalue weighted by atomic mass is 16.6. The summed E-state index contributed by atoms with van der Waals surface area (Å²) in [6.07, 6.45) is 0. The first-order valence-electron chi connectivity index (χ1n) is 11.0. The summed E-state index contributed by atoms with van der Waals surface area (Å²) in [6.45, 7) is -0.250. The van der Waals surface area contributed by atoms with Crippen LogP contribution in [0.25, 0.3) is 21.8 Å². The van der Waals surface area contributed by atoms with Crippen LogP contribution < -0.4 is 21.4 Å². The molecule has 0 amide bonds. The number of aryl methyl sites for hydroxylation is 2. The van der Waals surface area contributed by atoms with Crippen molar-refractivity contribution in [3.63, 3.8) is 0 Å². The van der Waals surface area contributed by atoms with Gasteiger partial charge in [-0.25, -0.2) is 9.59 Å². The molecule has 0 saturated heterocycles. The van der Waals surface area contributed by atoms with Crippen LogP contribution >= 0.6 is 0 Å². The Kier molecular flexibility index (Phi) is 11.5. The number of carbonyl (C=O) groups is 3. The van der Waals surface area contributed by atoms with Gasteiger partial charge in [0.15, 0.2) is 5.75 Å². The molecule has 6 N–H and O–H groups in total. The maximum atomic E-state index is 11.6. The lowest BCUT2D eigenvalue weighted by atomic mass is 10.2. The van der Waals surface area contributed by atoms with Crippen LogP contribution in [0.4, 0.5) is 11.4 Å². The molecule has 40 heavy (non-hydrogen) atoms. The number of methoxy groups -OCH3 is 4. The first-order chi connectivity index (χ1) is 18.5. The van der Waals surface area contributed by atoms with Crippen molar-refractivity contribution in [1.29, 1.82) is 0 Å². The Balaban J connectivity index is 0.000000358. The van der Waals surface area contributed by atoms with Crippen molar-refractivity contribution in [2.75, 3.05) is 34.2 Å². The quantitative estimate of drug-likeness (QED) is 0.105. The third-order valence-corrected chi connectivity index (χ3v) is 5.80. The number of nitro benzene ring substituents is 1. The number of esters is 2. The van der Waals surface area contributed by atoms with E-state index in [2.05, 4.69) is 4.74 Å². The normalized spacial score (nSPS) is 9.75. The van der Waals surface area contributed by atoms with Crippen LogP contribution in [0.5, 0.6) is 11.5 Å². The molecule has 0 spiro atoms. The standard InChI is InChI=1S/C12H12N2O5.C12H14N2O3.CH2O2.H3N/c1-13-8-4-5-10(18-2)11(14(16)17)7(8)6-9(13)12(15)19-3;1-14-8-4-5-10(16-2)11(13)7(8)6-9(14)12(15)17-3;2-1-3;/h4-6H,1-3H3;4-6H,13H2,1-3H3;1H,(H,2,3);1H3. The fraction of sp³-hybridized carbons (Fsp3) is 0.240. The molecule has 0 atom stereocenters. The van der Waals surface area contributed by atoms with Gasteiger partial charge < -0.3 is 45.1 Å². The molecular weight excluding hydrogens is 530 g/mol. The van der Waals surface area contributed by atoms with E-state index in [1.807, 2.05) is 6.07 Å². The zero-order valence-corrected chi connectivity index (χ0v) is 22.8. The van der Waals surface area contributed by atoms with Gasteiger partial charge in [0.25, 0.3) is 6.47 Å². The van der Waals surface area contributed by atoms with Crippen LogP contribution in [0.1, 0.15) is 21.0 Å². The molecule has 0 unspecified atom stereocenters. The average Bonchev–Trinajstić information content (AvgIpc) is 3.45. The minimum Gasteiger partial charge on any atom is -0.495 e. The third-order valence-electron chi connectivity index (χ3n) is 5.80. The number of carbonyl (C=O) groups excluding carboxylic acids is 2.